The van der Waals surface area contributed by atoms with E-state index in [1.807, 2.05) is 6.07 Å². The fraction of sp³-hybridized carbons (Fsp3) is 0.471. The van der Waals surface area contributed by atoms with Crippen molar-refractivity contribution in [1.82, 2.24) is 9.55 Å². The molecule has 4 nitrogen and oxygen atoms in total. The van der Waals surface area contributed by atoms with Crippen LogP contribution in [-0.2, 0) is 19.4 Å². The summed E-state index contributed by atoms with van der Waals surface area (Å²) in [7, 11) is 1.72. The maximum Gasteiger partial charge on any atom is 0.203 e. The van der Waals surface area contributed by atoms with Crippen LogP contribution in [0.25, 0.3) is 0 Å². The number of methoxy groups -OCH3 is 1. The third-order valence-electron chi connectivity index (χ3n) is 4.71. The smallest absolute Gasteiger partial charge is 0.203 e. The molecular weight excluding hydrogens is 262 g/mol. The van der Waals surface area contributed by atoms with Gasteiger partial charge in [-0.1, -0.05) is 12.1 Å². The molecule has 0 amide bonds. The minimum atomic E-state index is 0.479. The summed E-state index contributed by atoms with van der Waals surface area (Å²) in [6.07, 6.45) is 4.89. The van der Waals surface area contributed by atoms with E-state index in [1.54, 1.807) is 7.11 Å². The molecule has 1 unspecified atom stereocenters. The Morgan fingerprint density at radius 1 is 1.29 bits per heavy atom. The molecule has 2 aliphatic rings. The molecule has 0 radical (unpaired) electrons. The summed E-state index contributed by atoms with van der Waals surface area (Å²) in [5, 5.41) is 3.52. The first-order valence-electron chi connectivity index (χ1n) is 7.81. The predicted octanol–water partition coefficient (Wildman–Crippen LogP) is 2.98. The van der Waals surface area contributed by atoms with Gasteiger partial charge in [-0.2, -0.15) is 0 Å². The first-order chi connectivity index (χ1) is 10.3. The number of aromatic nitrogens is 2. The maximum atomic E-state index is 5.35. The Kier molecular flexibility index (Phi) is 3.09. The van der Waals surface area contributed by atoms with Gasteiger partial charge in [-0.25, -0.2) is 4.98 Å². The number of hydrogen-bond acceptors (Lipinski definition) is 3. The van der Waals surface area contributed by atoms with Gasteiger partial charge in [0.15, 0.2) is 0 Å². The molecule has 0 fully saturated rings. The number of anilines is 1. The number of hydrogen-bond donors (Lipinski definition) is 1. The van der Waals surface area contributed by atoms with Crippen LogP contribution in [0.15, 0.2) is 24.3 Å². The summed E-state index contributed by atoms with van der Waals surface area (Å²) in [6.45, 7) is 1.97. The van der Waals surface area contributed by atoms with E-state index in [4.69, 9.17) is 9.72 Å². The molecule has 21 heavy (non-hydrogen) atoms. The Morgan fingerprint density at radius 2 is 2.19 bits per heavy atom. The van der Waals surface area contributed by atoms with Gasteiger partial charge in [0.1, 0.15) is 5.75 Å². The lowest BCUT2D eigenvalue weighted by molar-refractivity contribution is 0.413. The molecule has 0 saturated heterocycles. The normalized spacial score (nSPS) is 20.3. The Bertz CT molecular complexity index is 662. The van der Waals surface area contributed by atoms with Crippen LogP contribution >= 0.6 is 0 Å². The van der Waals surface area contributed by atoms with Gasteiger partial charge in [-0.3, -0.25) is 0 Å². The van der Waals surface area contributed by atoms with Gasteiger partial charge in [-0.05, 0) is 43.4 Å². The van der Waals surface area contributed by atoms with Crippen LogP contribution < -0.4 is 10.1 Å². The van der Waals surface area contributed by atoms with Crippen LogP contribution in [0.1, 0.15) is 35.7 Å². The van der Waals surface area contributed by atoms with E-state index >= 15 is 0 Å². The van der Waals surface area contributed by atoms with E-state index in [1.165, 1.54) is 36.2 Å². The van der Waals surface area contributed by atoms with Crippen molar-refractivity contribution < 1.29 is 4.74 Å². The Labute approximate surface area is 125 Å². The molecular formula is C17H21N3O. The number of rotatable bonds is 2. The maximum absolute atomic E-state index is 5.35. The average molecular weight is 283 g/mol. The average Bonchev–Trinajstić information content (AvgIpc) is 2.92. The van der Waals surface area contributed by atoms with Crippen LogP contribution in [0.4, 0.5) is 5.95 Å². The van der Waals surface area contributed by atoms with Gasteiger partial charge in [-0.15, -0.1) is 0 Å². The SMILES string of the molecule is COc1cccc(C2CNc3nc4c(n3C2)CCCC4)c1. The van der Waals surface area contributed by atoms with E-state index in [9.17, 15) is 0 Å². The van der Waals surface area contributed by atoms with Gasteiger partial charge in [0.25, 0.3) is 0 Å². The van der Waals surface area contributed by atoms with Gasteiger partial charge >= 0.3 is 0 Å². The van der Waals surface area contributed by atoms with Gasteiger partial charge in [0.2, 0.25) is 5.95 Å². The quantitative estimate of drug-likeness (QED) is 0.921. The summed E-state index contributed by atoms with van der Waals surface area (Å²) in [4.78, 5) is 4.78. The Balaban J connectivity index is 1.65. The van der Waals surface area contributed by atoms with Gasteiger partial charge < -0.3 is 14.6 Å². The summed E-state index contributed by atoms with van der Waals surface area (Å²) >= 11 is 0. The van der Waals surface area contributed by atoms with Crippen molar-refractivity contribution >= 4 is 5.95 Å². The second kappa shape index (κ2) is 5.10. The number of benzene rings is 1. The predicted molar refractivity (Wildman–Crippen MR) is 83.1 cm³/mol. The lowest BCUT2D eigenvalue weighted by Gasteiger charge is -2.27. The van der Waals surface area contributed by atoms with E-state index in [-0.39, 0.29) is 0 Å². The molecule has 2 aromatic rings. The minimum Gasteiger partial charge on any atom is -0.497 e. The Morgan fingerprint density at radius 3 is 3.10 bits per heavy atom. The lowest BCUT2D eigenvalue weighted by atomic mass is 9.96. The van der Waals surface area contributed by atoms with Crippen molar-refractivity contribution in [2.45, 2.75) is 38.1 Å². The van der Waals surface area contributed by atoms with Crippen molar-refractivity contribution in [1.29, 1.82) is 0 Å². The zero-order valence-corrected chi connectivity index (χ0v) is 12.4. The number of ether oxygens (including phenoxy) is 1. The summed E-state index contributed by atoms with van der Waals surface area (Å²) in [6, 6.07) is 8.43. The van der Waals surface area contributed by atoms with Crippen LogP contribution in [0, 0.1) is 0 Å². The van der Waals surface area contributed by atoms with E-state index in [2.05, 4.69) is 28.1 Å². The topological polar surface area (TPSA) is 39.1 Å². The first kappa shape index (κ1) is 12.7. The van der Waals surface area contributed by atoms with E-state index in [0.29, 0.717) is 5.92 Å². The van der Waals surface area contributed by atoms with Crippen LogP contribution in [-0.4, -0.2) is 23.2 Å². The molecule has 1 aliphatic carbocycles. The molecule has 1 atom stereocenters. The molecule has 1 aromatic carbocycles. The van der Waals surface area contributed by atoms with Crippen molar-refractivity contribution in [2.75, 3.05) is 19.0 Å². The second-order valence-electron chi connectivity index (χ2n) is 6.00. The summed E-state index contributed by atoms with van der Waals surface area (Å²) < 4.78 is 7.76. The fourth-order valence-electron chi connectivity index (χ4n) is 3.55. The number of nitrogens with one attached hydrogen (secondary N) is 1. The molecule has 1 aromatic heterocycles. The molecule has 2 heterocycles. The molecule has 0 bridgehead atoms. The van der Waals surface area contributed by atoms with E-state index < -0.39 is 0 Å². The molecule has 110 valence electrons. The zero-order chi connectivity index (χ0) is 14.2. The molecule has 0 saturated carbocycles. The minimum absolute atomic E-state index is 0.479. The largest absolute Gasteiger partial charge is 0.497 e. The number of imidazole rings is 1. The fourth-order valence-corrected chi connectivity index (χ4v) is 3.55. The zero-order valence-electron chi connectivity index (χ0n) is 12.4. The molecule has 1 aliphatic heterocycles. The van der Waals surface area contributed by atoms with Crippen molar-refractivity contribution in [2.24, 2.45) is 0 Å². The number of aryl methyl sites for hydroxylation is 1. The van der Waals surface area contributed by atoms with Crippen molar-refractivity contribution in [3.8, 4) is 5.75 Å². The molecule has 4 rings (SSSR count). The highest BCUT2D eigenvalue weighted by molar-refractivity contribution is 5.40. The molecule has 0 spiro atoms. The highest BCUT2D eigenvalue weighted by Crippen LogP contribution is 2.32. The third kappa shape index (κ3) is 2.19. The summed E-state index contributed by atoms with van der Waals surface area (Å²) in [5.74, 6) is 2.49. The summed E-state index contributed by atoms with van der Waals surface area (Å²) in [5.41, 5.74) is 4.11. The lowest BCUT2D eigenvalue weighted by Crippen LogP contribution is -2.27. The van der Waals surface area contributed by atoms with Gasteiger partial charge in [0, 0.05) is 24.7 Å². The monoisotopic (exact) mass is 283 g/mol. The number of fused-ring (bicyclic) bond motifs is 3. The Hall–Kier alpha value is -1.97. The second-order valence-corrected chi connectivity index (χ2v) is 6.00. The van der Waals surface area contributed by atoms with Crippen LogP contribution in [0.5, 0.6) is 5.75 Å². The highest BCUT2D eigenvalue weighted by atomic mass is 16.5. The third-order valence-corrected chi connectivity index (χ3v) is 4.71. The van der Waals surface area contributed by atoms with Crippen molar-refractivity contribution in [3.05, 3.63) is 41.2 Å². The number of nitrogens with zero attached hydrogens (tertiary/aromatic N) is 2. The first-order valence-corrected chi connectivity index (χ1v) is 7.81. The molecule has 1 N–H and O–H groups in total. The molecule has 4 heteroatoms. The van der Waals surface area contributed by atoms with Crippen molar-refractivity contribution in [3.63, 3.8) is 0 Å². The van der Waals surface area contributed by atoms with E-state index in [0.717, 1.165) is 31.2 Å². The van der Waals surface area contributed by atoms with Crippen LogP contribution in [0.2, 0.25) is 0 Å². The van der Waals surface area contributed by atoms with Gasteiger partial charge in [0.05, 0.1) is 12.8 Å². The highest BCUT2D eigenvalue weighted by Gasteiger charge is 2.26. The standard InChI is InChI=1S/C17H21N3O/c1-21-14-6-4-5-12(9-14)13-10-18-17-19-15-7-2-3-8-16(15)20(17)11-13/h4-6,9,13H,2-3,7-8,10-11H2,1H3,(H,18,19). The van der Waals surface area contributed by atoms with Crippen LogP contribution in [0.3, 0.4) is 0 Å².